The van der Waals surface area contributed by atoms with Gasteiger partial charge in [0.1, 0.15) is 0 Å². The van der Waals surface area contributed by atoms with Crippen LogP contribution in [0.5, 0.6) is 0 Å². The molecule has 0 amide bonds. The predicted octanol–water partition coefficient (Wildman–Crippen LogP) is 5.98. The second-order valence-electron chi connectivity index (χ2n) is 7.66. The van der Waals surface area contributed by atoms with Crippen molar-refractivity contribution in [1.29, 1.82) is 0 Å². The van der Waals surface area contributed by atoms with E-state index in [0.717, 1.165) is 12.8 Å². The van der Waals surface area contributed by atoms with Gasteiger partial charge in [-0.1, -0.05) is 64.0 Å². The molecule has 0 heterocycles. The minimum atomic E-state index is -2.02. The van der Waals surface area contributed by atoms with E-state index < -0.39 is 20.3 Å². The number of rotatable bonds is 12. The van der Waals surface area contributed by atoms with Crippen molar-refractivity contribution >= 4 is 20.3 Å². The van der Waals surface area contributed by atoms with E-state index in [1.807, 2.05) is 19.6 Å². The zero-order valence-electron chi connectivity index (χ0n) is 16.8. The van der Waals surface area contributed by atoms with Crippen molar-refractivity contribution in [3.63, 3.8) is 0 Å². The van der Waals surface area contributed by atoms with Crippen molar-refractivity contribution in [2.45, 2.75) is 77.9 Å². The van der Waals surface area contributed by atoms with Gasteiger partial charge in [-0.15, -0.1) is 0 Å². The molecule has 146 valence electrons. The quantitative estimate of drug-likeness (QED) is 0.255. The van der Waals surface area contributed by atoms with Gasteiger partial charge in [0.05, 0.1) is 17.7 Å². The van der Waals surface area contributed by atoms with Gasteiger partial charge in [-0.2, -0.15) is 0 Å². The van der Waals surface area contributed by atoms with Gasteiger partial charge in [0, 0.05) is 0 Å². The Labute approximate surface area is 159 Å². The molecule has 1 aromatic rings. The summed E-state index contributed by atoms with van der Waals surface area (Å²) < 4.78 is 10.9. The number of carbonyl (C=O) groups excluding carboxylic acids is 2. The van der Waals surface area contributed by atoms with Gasteiger partial charge in [0.2, 0.25) is 8.32 Å². The molecule has 0 N–H and O–H groups in total. The number of hydrogen-bond donors (Lipinski definition) is 0. The van der Waals surface area contributed by atoms with E-state index in [2.05, 4.69) is 6.92 Å². The Morgan fingerprint density at radius 3 is 1.85 bits per heavy atom. The summed E-state index contributed by atoms with van der Waals surface area (Å²) >= 11 is 0. The second kappa shape index (κ2) is 11.9. The summed E-state index contributed by atoms with van der Waals surface area (Å²) in [5.74, 6) is -0.889. The van der Waals surface area contributed by atoms with Crippen LogP contribution < -0.4 is 0 Å². The first-order valence-corrected chi connectivity index (χ1v) is 13.3. The zero-order chi connectivity index (χ0) is 19.4. The van der Waals surface area contributed by atoms with Crippen LogP contribution in [0.3, 0.4) is 0 Å². The normalized spacial score (nSPS) is 11.2. The molecule has 4 nitrogen and oxygen atoms in total. The molecule has 0 aliphatic carbocycles. The Hall–Kier alpha value is -1.62. The van der Waals surface area contributed by atoms with E-state index in [0.29, 0.717) is 6.61 Å². The third kappa shape index (κ3) is 9.18. The van der Waals surface area contributed by atoms with Gasteiger partial charge >= 0.3 is 11.9 Å². The van der Waals surface area contributed by atoms with Gasteiger partial charge < -0.3 is 9.16 Å². The van der Waals surface area contributed by atoms with Crippen molar-refractivity contribution in [1.82, 2.24) is 0 Å². The molecule has 26 heavy (non-hydrogen) atoms. The Kier molecular flexibility index (Phi) is 10.3. The highest BCUT2D eigenvalue weighted by Crippen LogP contribution is 2.16. The van der Waals surface area contributed by atoms with Crippen molar-refractivity contribution in [2.75, 3.05) is 6.61 Å². The van der Waals surface area contributed by atoms with E-state index >= 15 is 0 Å². The molecule has 5 heteroatoms. The average Bonchev–Trinajstić information content (AvgIpc) is 2.58. The fourth-order valence-corrected chi connectivity index (χ4v) is 3.32. The van der Waals surface area contributed by atoms with E-state index in [4.69, 9.17) is 9.16 Å². The lowest BCUT2D eigenvalue weighted by Crippen LogP contribution is -2.30. The largest absolute Gasteiger partial charge is 0.516 e. The Bertz CT molecular complexity index is 563. The van der Waals surface area contributed by atoms with Crippen molar-refractivity contribution < 1.29 is 18.8 Å². The van der Waals surface area contributed by atoms with Gasteiger partial charge in [0.15, 0.2) is 0 Å². The highest BCUT2D eigenvalue weighted by Gasteiger charge is 2.24. The number of ether oxygens (including phenoxy) is 1. The topological polar surface area (TPSA) is 52.6 Å². The predicted molar refractivity (Wildman–Crippen MR) is 108 cm³/mol. The van der Waals surface area contributed by atoms with Gasteiger partial charge in [-0.3, -0.25) is 0 Å². The number of benzene rings is 1. The number of hydrogen-bond acceptors (Lipinski definition) is 4. The van der Waals surface area contributed by atoms with Crippen LogP contribution in [0.15, 0.2) is 24.3 Å². The Morgan fingerprint density at radius 1 is 0.808 bits per heavy atom. The van der Waals surface area contributed by atoms with E-state index in [9.17, 15) is 9.59 Å². The third-order valence-electron chi connectivity index (χ3n) is 4.00. The minimum absolute atomic E-state index is 0.287. The first-order valence-electron chi connectivity index (χ1n) is 9.84. The second-order valence-corrected chi connectivity index (χ2v) is 12.1. The molecule has 0 saturated carbocycles. The lowest BCUT2D eigenvalue weighted by molar-refractivity contribution is 0.0489. The van der Waals surface area contributed by atoms with E-state index in [-0.39, 0.29) is 11.1 Å². The van der Waals surface area contributed by atoms with Crippen molar-refractivity contribution in [3.8, 4) is 0 Å². The molecule has 0 unspecified atom stereocenters. The highest BCUT2D eigenvalue weighted by molar-refractivity contribution is 6.71. The van der Waals surface area contributed by atoms with Crippen LogP contribution >= 0.6 is 0 Å². The van der Waals surface area contributed by atoms with Gasteiger partial charge in [-0.05, 0) is 38.2 Å². The fraction of sp³-hybridized carbons (Fsp3) is 0.619. The standard InChI is InChI=1S/C21H34O4Si/c1-5-6-7-8-9-10-11-14-17-24-20(22)18-15-12-13-16-19(18)21(23)25-26(2,3)4/h12-13,15-16H,5-11,14,17H2,1-4H3. The first-order chi connectivity index (χ1) is 12.3. The van der Waals surface area contributed by atoms with Crippen LogP contribution in [-0.2, 0) is 9.16 Å². The molecule has 0 fully saturated rings. The lowest BCUT2D eigenvalue weighted by Gasteiger charge is -2.18. The molecular formula is C21H34O4Si. The Balaban J connectivity index is 2.40. The molecule has 0 bridgehead atoms. The maximum absolute atomic E-state index is 12.3. The molecular weight excluding hydrogens is 344 g/mol. The van der Waals surface area contributed by atoms with Crippen LogP contribution in [0.25, 0.3) is 0 Å². The van der Waals surface area contributed by atoms with E-state index in [1.165, 1.54) is 38.5 Å². The summed E-state index contributed by atoms with van der Waals surface area (Å²) in [6.45, 7) is 8.43. The molecule has 0 saturated heterocycles. The summed E-state index contributed by atoms with van der Waals surface area (Å²) in [5, 5.41) is 0. The summed E-state index contributed by atoms with van der Waals surface area (Å²) in [6, 6.07) is 6.71. The minimum Gasteiger partial charge on any atom is -0.516 e. The molecule has 0 aromatic heterocycles. The van der Waals surface area contributed by atoms with E-state index in [1.54, 1.807) is 24.3 Å². The summed E-state index contributed by atoms with van der Waals surface area (Å²) in [7, 11) is -2.02. The molecule has 1 rings (SSSR count). The average molecular weight is 379 g/mol. The van der Waals surface area contributed by atoms with Crippen LogP contribution in [0.4, 0.5) is 0 Å². The lowest BCUT2D eigenvalue weighted by atomic mass is 10.1. The zero-order valence-corrected chi connectivity index (χ0v) is 17.8. The van der Waals surface area contributed by atoms with Crippen LogP contribution in [-0.4, -0.2) is 26.9 Å². The van der Waals surface area contributed by atoms with Crippen molar-refractivity contribution in [3.05, 3.63) is 35.4 Å². The molecule has 0 aliphatic rings. The number of carbonyl (C=O) groups is 2. The molecule has 0 spiro atoms. The first kappa shape index (κ1) is 22.4. The van der Waals surface area contributed by atoms with Crippen molar-refractivity contribution in [2.24, 2.45) is 0 Å². The fourth-order valence-electron chi connectivity index (χ4n) is 2.65. The monoisotopic (exact) mass is 378 g/mol. The molecule has 0 atom stereocenters. The molecule has 1 aromatic carbocycles. The van der Waals surface area contributed by atoms with Gasteiger partial charge in [0.25, 0.3) is 0 Å². The maximum Gasteiger partial charge on any atom is 0.339 e. The van der Waals surface area contributed by atoms with Gasteiger partial charge in [-0.25, -0.2) is 9.59 Å². The number of esters is 1. The molecule has 0 radical (unpaired) electrons. The maximum atomic E-state index is 12.3. The third-order valence-corrected chi connectivity index (χ3v) is 4.79. The highest BCUT2D eigenvalue weighted by atomic mass is 28.4. The SMILES string of the molecule is CCCCCCCCCCOC(=O)c1ccccc1C(=O)O[Si](C)(C)C. The van der Waals surface area contributed by atoms with Crippen LogP contribution in [0, 0.1) is 0 Å². The van der Waals surface area contributed by atoms with Crippen LogP contribution in [0.2, 0.25) is 19.6 Å². The Morgan fingerprint density at radius 2 is 1.31 bits per heavy atom. The summed E-state index contributed by atoms with van der Waals surface area (Å²) in [5.41, 5.74) is 0.575. The summed E-state index contributed by atoms with van der Waals surface area (Å²) in [4.78, 5) is 24.6. The molecule has 0 aliphatic heterocycles. The smallest absolute Gasteiger partial charge is 0.339 e. The summed E-state index contributed by atoms with van der Waals surface area (Å²) in [6.07, 6.45) is 9.55. The van der Waals surface area contributed by atoms with Crippen LogP contribution in [0.1, 0.15) is 79.0 Å². The number of unbranched alkanes of at least 4 members (excludes halogenated alkanes) is 7.